The summed E-state index contributed by atoms with van der Waals surface area (Å²) < 4.78 is 27.6. The summed E-state index contributed by atoms with van der Waals surface area (Å²) >= 11 is 1.39. The van der Waals surface area contributed by atoms with Gasteiger partial charge in [0.15, 0.2) is 0 Å². The van der Waals surface area contributed by atoms with Crippen LogP contribution in [0, 0.1) is 11.6 Å². The van der Waals surface area contributed by atoms with E-state index in [-0.39, 0.29) is 17.5 Å². The number of halogens is 2. The summed E-state index contributed by atoms with van der Waals surface area (Å²) in [5.74, 6) is -0.969. The number of benzene rings is 3. The summed E-state index contributed by atoms with van der Waals surface area (Å²) in [6, 6.07) is 20.5. The first kappa shape index (κ1) is 23.8. The molecule has 0 bridgehead atoms. The number of hydrogen-bond acceptors (Lipinski definition) is 4. The van der Waals surface area contributed by atoms with Crippen molar-refractivity contribution >= 4 is 33.8 Å². The normalized spacial score (nSPS) is 11.3. The maximum atomic E-state index is 14.4. The second-order valence-corrected chi connectivity index (χ2v) is 9.44. The van der Waals surface area contributed by atoms with Crippen LogP contribution in [0.4, 0.5) is 14.5 Å². The van der Waals surface area contributed by atoms with Crippen LogP contribution >= 0.6 is 11.3 Å². The van der Waals surface area contributed by atoms with Gasteiger partial charge in [-0.2, -0.15) is 0 Å². The van der Waals surface area contributed by atoms with Crippen molar-refractivity contribution in [2.24, 2.45) is 0 Å². The number of nitrogens with one attached hydrogen (secondary N) is 2. The molecule has 2 heterocycles. The Morgan fingerprint density at radius 3 is 2.56 bits per heavy atom. The molecule has 5 rings (SSSR count). The van der Waals surface area contributed by atoms with Crippen molar-refractivity contribution in [2.75, 3.05) is 11.9 Å². The smallest absolute Gasteiger partial charge is 0.275 e. The number of carbonyl (C=O) groups is 1. The molecule has 182 valence electrons. The maximum absolute atomic E-state index is 14.4. The average Bonchev–Trinajstić information content (AvgIpc) is 3.52. The van der Waals surface area contributed by atoms with E-state index >= 15 is 0 Å². The minimum Gasteiger partial charge on any atom is -0.361 e. The number of carbonyl (C=O) groups excluding carboxylic acids is 1. The molecule has 8 heteroatoms. The van der Waals surface area contributed by atoms with Crippen molar-refractivity contribution in [3.05, 3.63) is 118 Å². The lowest BCUT2D eigenvalue weighted by atomic mass is 10.1. The van der Waals surface area contributed by atoms with Crippen molar-refractivity contribution in [2.45, 2.75) is 19.5 Å². The van der Waals surface area contributed by atoms with E-state index in [9.17, 15) is 13.6 Å². The van der Waals surface area contributed by atoms with Crippen molar-refractivity contribution in [3.8, 4) is 0 Å². The molecule has 0 saturated carbocycles. The maximum Gasteiger partial charge on any atom is 0.275 e. The van der Waals surface area contributed by atoms with Gasteiger partial charge in [-0.05, 0) is 48.4 Å². The first-order valence-corrected chi connectivity index (χ1v) is 12.5. The Balaban J connectivity index is 1.30. The van der Waals surface area contributed by atoms with Crippen LogP contribution in [0.2, 0.25) is 0 Å². The fourth-order valence-electron chi connectivity index (χ4n) is 4.11. The number of nitrogens with zero attached hydrogens (tertiary/aromatic N) is 2. The number of thiazole rings is 1. The van der Waals surface area contributed by atoms with Crippen LogP contribution < -0.4 is 5.32 Å². The third kappa shape index (κ3) is 5.67. The standard InChI is InChI=1S/C28H24F2N4OS/c29-21-9-11-22(12-10-21)32-28(35)26-18-36-27(33-26)17-34(16-20-5-1-3-7-24(20)30)14-13-19-15-31-25-8-4-2-6-23(19)25/h1-12,15,18,31H,13-14,16-17H2,(H,32,35). The molecule has 3 aromatic carbocycles. The Hall–Kier alpha value is -3.88. The first-order valence-electron chi connectivity index (χ1n) is 11.6. The predicted molar refractivity (Wildman–Crippen MR) is 139 cm³/mol. The van der Waals surface area contributed by atoms with Gasteiger partial charge in [-0.1, -0.05) is 36.4 Å². The van der Waals surface area contributed by atoms with Crippen LogP contribution in [0.25, 0.3) is 10.9 Å². The minimum atomic E-state index is -0.369. The minimum absolute atomic E-state index is 0.243. The summed E-state index contributed by atoms with van der Waals surface area (Å²) in [5, 5.41) is 6.37. The van der Waals surface area contributed by atoms with Gasteiger partial charge < -0.3 is 10.3 Å². The number of aromatic nitrogens is 2. The van der Waals surface area contributed by atoms with E-state index in [2.05, 4.69) is 26.3 Å². The van der Waals surface area contributed by atoms with E-state index in [1.54, 1.807) is 17.5 Å². The second-order valence-electron chi connectivity index (χ2n) is 8.50. The fourth-order valence-corrected chi connectivity index (χ4v) is 4.92. The summed E-state index contributed by atoms with van der Waals surface area (Å²) in [4.78, 5) is 22.6. The SMILES string of the molecule is O=C(Nc1ccc(F)cc1)c1csc(CN(CCc2c[nH]c3ccccc23)Cc2ccccc2F)n1. The molecule has 0 unspecified atom stereocenters. The quantitative estimate of drug-likeness (QED) is 0.245. The number of amides is 1. The molecule has 0 radical (unpaired) electrons. The van der Waals surface area contributed by atoms with Crippen molar-refractivity contribution in [1.82, 2.24) is 14.9 Å². The Bertz CT molecular complexity index is 1480. The van der Waals surface area contributed by atoms with Crippen LogP contribution in [-0.2, 0) is 19.5 Å². The van der Waals surface area contributed by atoms with E-state index in [0.29, 0.717) is 36.6 Å². The highest BCUT2D eigenvalue weighted by molar-refractivity contribution is 7.09. The van der Waals surface area contributed by atoms with E-state index in [1.165, 1.54) is 52.6 Å². The van der Waals surface area contributed by atoms with Gasteiger partial charge in [0.05, 0.1) is 6.54 Å². The molecule has 0 aliphatic heterocycles. The van der Waals surface area contributed by atoms with E-state index < -0.39 is 0 Å². The van der Waals surface area contributed by atoms with Gasteiger partial charge in [-0.3, -0.25) is 9.69 Å². The third-order valence-corrected chi connectivity index (χ3v) is 6.80. The Kier molecular flexibility index (Phi) is 7.16. The monoisotopic (exact) mass is 502 g/mol. The van der Waals surface area contributed by atoms with Gasteiger partial charge in [0.2, 0.25) is 0 Å². The number of hydrogen-bond donors (Lipinski definition) is 2. The lowest BCUT2D eigenvalue weighted by Crippen LogP contribution is -2.26. The van der Waals surface area contributed by atoms with Gasteiger partial charge in [-0.15, -0.1) is 11.3 Å². The molecule has 5 nitrogen and oxygen atoms in total. The van der Waals surface area contributed by atoms with Gasteiger partial charge in [-0.25, -0.2) is 13.8 Å². The summed E-state index contributed by atoms with van der Waals surface area (Å²) in [6.45, 7) is 1.59. The zero-order valence-electron chi connectivity index (χ0n) is 19.4. The van der Waals surface area contributed by atoms with Crippen molar-refractivity contribution in [1.29, 1.82) is 0 Å². The topological polar surface area (TPSA) is 61.0 Å². The number of H-pyrrole nitrogens is 1. The zero-order valence-corrected chi connectivity index (χ0v) is 20.2. The molecular formula is C28H24F2N4OS. The fraction of sp³-hybridized carbons (Fsp3) is 0.143. The van der Waals surface area contributed by atoms with Crippen LogP contribution in [0.1, 0.15) is 26.6 Å². The highest BCUT2D eigenvalue weighted by Crippen LogP contribution is 2.21. The predicted octanol–water partition coefficient (Wildman–Crippen LogP) is 6.40. The molecule has 2 N–H and O–H groups in total. The van der Waals surface area contributed by atoms with Crippen molar-refractivity contribution in [3.63, 3.8) is 0 Å². The van der Waals surface area contributed by atoms with E-state index in [1.807, 2.05) is 30.5 Å². The van der Waals surface area contributed by atoms with Crippen LogP contribution in [-0.4, -0.2) is 27.3 Å². The molecule has 0 spiro atoms. The Labute approximate surface area is 211 Å². The number of fused-ring (bicyclic) bond motifs is 1. The molecule has 0 saturated heterocycles. The molecule has 5 aromatic rings. The Morgan fingerprint density at radius 1 is 0.944 bits per heavy atom. The molecule has 0 atom stereocenters. The molecule has 1 amide bonds. The van der Waals surface area contributed by atoms with Crippen molar-refractivity contribution < 1.29 is 13.6 Å². The summed E-state index contributed by atoms with van der Waals surface area (Å²) in [7, 11) is 0. The highest BCUT2D eigenvalue weighted by atomic mass is 32.1. The zero-order chi connectivity index (χ0) is 24.9. The van der Waals surface area contributed by atoms with Crippen LogP contribution in [0.3, 0.4) is 0 Å². The molecule has 0 aliphatic rings. The summed E-state index contributed by atoms with van der Waals surface area (Å²) in [6.07, 6.45) is 2.80. The van der Waals surface area contributed by atoms with Gasteiger partial charge in [0, 0.05) is 46.8 Å². The van der Waals surface area contributed by atoms with E-state index in [4.69, 9.17) is 0 Å². The number of rotatable bonds is 9. The van der Waals surface area contributed by atoms with Crippen LogP contribution in [0.5, 0.6) is 0 Å². The largest absolute Gasteiger partial charge is 0.361 e. The first-order chi connectivity index (χ1) is 17.5. The van der Waals surface area contributed by atoms with Crippen LogP contribution in [0.15, 0.2) is 84.4 Å². The summed E-state index contributed by atoms with van der Waals surface area (Å²) in [5.41, 5.74) is 3.69. The average molecular weight is 503 g/mol. The number of para-hydroxylation sites is 1. The van der Waals surface area contributed by atoms with Gasteiger partial charge in [0.25, 0.3) is 5.91 Å². The molecular weight excluding hydrogens is 478 g/mol. The molecule has 0 fully saturated rings. The van der Waals surface area contributed by atoms with Gasteiger partial charge >= 0.3 is 0 Å². The molecule has 36 heavy (non-hydrogen) atoms. The number of anilines is 1. The third-order valence-electron chi connectivity index (χ3n) is 5.97. The lowest BCUT2D eigenvalue weighted by Gasteiger charge is -2.21. The second kappa shape index (κ2) is 10.8. The molecule has 2 aromatic heterocycles. The highest BCUT2D eigenvalue weighted by Gasteiger charge is 2.16. The van der Waals surface area contributed by atoms with E-state index in [0.717, 1.165) is 16.9 Å². The Morgan fingerprint density at radius 2 is 1.72 bits per heavy atom. The van der Waals surface area contributed by atoms with Gasteiger partial charge in [0.1, 0.15) is 22.3 Å². The number of aromatic amines is 1. The molecule has 0 aliphatic carbocycles. The lowest BCUT2D eigenvalue weighted by molar-refractivity contribution is 0.102.